The van der Waals surface area contributed by atoms with Gasteiger partial charge in [-0.05, 0) is 55.4 Å². The van der Waals surface area contributed by atoms with E-state index in [2.05, 4.69) is 56.3 Å². The summed E-state index contributed by atoms with van der Waals surface area (Å²) in [5, 5.41) is 0. The first-order chi connectivity index (χ1) is 9.16. The van der Waals surface area contributed by atoms with Crippen molar-refractivity contribution in [3.8, 4) is 0 Å². The zero-order valence-corrected chi connectivity index (χ0v) is 11.9. The molecule has 2 rings (SSSR count). The van der Waals surface area contributed by atoms with Crippen molar-refractivity contribution < 1.29 is 0 Å². The van der Waals surface area contributed by atoms with E-state index < -0.39 is 0 Å². The van der Waals surface area contributed by atoms with Crippen molar-refractivity contribution in [1.29, 1.82) is 0 Å². The molecule has 0 spiro atoms. The standard InChI is InChI=1S/C18H23N/c1-14-11-12-16(13-15(14)2)7-6-10-18(19)17-8-4-3-5-9-17/h3-5,8-9,11-13,18H,6-7,10,19H2,1-2H3. The van der Waals surface area contributed by atoms with Gasteiger partial charge in [-0.15, -0.1) is 0 Å². The zero-order valence-electron chi connectivity index (χ0n) is 11.9. The molecule has 0 saturated heterocycles. The molecule has 2 aromatic carbocycles. The van der Waals surface area contributed by atoms with Crippen LogP contribution in [-0.2, 0) is 6.42 Å². The molecule has 0 aromatic heterocycles. The van der Waals surface area contributed by atoms with Gasteiger partial charge in [-0.2, -0.15) is 0 Å². The first kappa shape index (κ1) is 13.8. The van der Waals surface area contributed by atoms with Gasteiger partial charge >= 0.3 is 0 Å². The molecule has 19 heavy (non-hydrogen) atoms. The minimum absolute atomic E-state index is 0.160. The summed E-state index contributed by atoms with van der Waals surface area (Å²) in [7, 11) is 0. The highest BCUT2D eigenvalue weighted by atomic mass is 14.6. The van der Waals surface area contributed by atoms with Gasteiger partial charge in [0.1, 0.15) is 0 Å². The Morgan fingerprint density at radius 2 is 1.68 bits per heavy atom. The van der Waals surface area contributed by atoms with Crippen molar-refractivity contribution >= 4 is 0 Å². The molecule has 0 saturated carbocycles. The monoisotopic (exact) mass is 253 g/mol. The molecule has 0 bridgehead atoms. The summed E-state index contributed by atoms with van der Waals surface area (Å²) >= 11 is 0. The Hall–Kier alpha value is -1.60. The molecule has 1 heteroatoms. The van der Waals surface area contributed by atoms with E-state index in [1.807, 2.05) is 6.07 Å². The van der Waals surface area contributed by atoms with Gasteiger partial charge in [0, 0.05) is 6.04 Å². The predicted molar refractivity (Wildman–Crippen MR) is 82.2 cm³/mol. The summed E-state index contributed by atoms with van der Waals surface area (Å²) < 4.78 is 0. The van der Waals surface area contributed by atoms with Gasteiger partial charge in [-0.3, -0.25) is 0 Å². The number of aryl methyl sites for hydroxylation is 3. The second-order valence-electron chi connectivity index (χ2n) is 5.33. The number of hydrogen-bond donors (Lipinski definition) is 1. The minimum atomic E-state index is 0.160. The van der Waals surface area contributed by atoms with Crippen LogP contribution in [0.25, 0.3) is 0 Å². The Bertz CT molecular complexity index is 516. The molecule has 0 heterocycles. The maximum absolute atomic E-state index is 6.21. The lowest BCUT2D eigenvalue weighted by molar-refractivity contribution is 0.611. The lowest BCUT2D eigenvalue weighted by atomic mass is 9.98. The normalized spacial score (nSPS) is 12.4. The number of rotatable bonds is 5. The van der Waals surface area contributed by atoms with Crippen LogP contribution in [0.2, 0.25) is 0 Å². The van der Waals surface area contributed by atoms with E-state index >= 15 is 0 Å². The molecular weight excluding hydrogens is 230 g/mol. The van der Waals surface area contributed by atoms with Crippen LogP contribution in [0.5, 0.6) is 0 Å². The van der Waals surface area contributed by atoms with E-state index in [1.165, 1.54) is 22.3 Å². The quantitative estimate of drug-likeness (QED) is 0.843. The van der Waals surface area contributed by atoms with E-state index in [9.17, 15) is 0 Å². The highest BCUT2D eigenvalue weighted by molar-refractivity contribution is 5.30. The average molecular weight is 253 g/mol. The first-order valence-electron chi connectivity index (χ1n) is 7.03. The second kappa shape index (κ2) is 6.53. The van der Waals surface area contributed by atoms with Gasteiger partial charge in [0.2, 0.25) is 0 Å². The fourth-order valence-corrected chi connectivity index (χ4v) is 2.35. The lowest BCUT2D eigenvalue weighted by Gasteiger charge is -2.12. The molecular formula is C18H23N. The van der Waals surface area contributed by atoms with Crippen molar-refractivity contribution in [2.45, 2.75) is 39.2 Å². The van der Waals surface area contributed by atoms with Gasteiger partial charge in [0.15, 0.2) is 0 Å². The van der Waals surface area contributed by atoms with Crippen LogP contribution in [-0.4, -0.2) is 0 Å². The fraction of sp³-hybridized carbons (Fsp3) is 0.333. The third kappa shape index (κ3) is 3.93. The van der Waals surface area contributed by atoms with Crippen molar-refractivity contribution in [2.75, 3.05) is 0 Å². The van der Waals surface area contributed by atoms with Gasteiger partial charge in [-0.25, -0.2) is 0 Å². The summed E-state index contributed by atoms with van der Waals surface area (Å²) in [6.07, 6.45) is 3.29. The highest BCUT2D eigenvalue weighted by Crippen LogP contribution is 2.18. The topological polar surface area (TPSA) is 26.0 Å². The van der Waals surface area contributed by atoms with Crippen molar-refractivity contribution in [3.63, 3.8) is 0 Å². The van der Waals surface area contributed by atoms with Crippen LogP contribution in [0.4, 0.5) is 0 Å². The Balaban J connectivity index is 1.85. The average Bonchev–Trinajstić information content (AvgIpc) is 2.43. The van der Waals surface area contributed by atoms with E-state index in [0.717, 1.165) is 19.3 Å². The Morgan fingerprint density at radius 3 is 2.37 bits per heavy atom. The second-order valence-corrected chi connectivity index (χ2v) is 5.33. The smallest absolute Gasteiger partial charge is 0.0294 e. The molecule has 2 N–H and O–H groups in total. The summed E-state index contributed by atoms with van der Waals surface area (Å²) in [5.74, 6) is 0. The predicted octanol–water partition coefficient (Wildman–Crippen LogP) is 4.33. The SMILES string of the molecule is Cc1ccc(CCCC(N)c2ccccc2)cc1C. The molecule has 1 nitrogen and oxygen atoms in total. The minimum Gasteiger partial charge on any atom is -0.324 e. The fourth-order valence-electron chi connectivity index (χ4n) is 2.35. The third-order valence-corrected chi connectivity index (χ3v) is 3.78. The molecule has 0 amide bonds. The number of benzene rings is 2. The van der Waals surface area contributed by atoms with Gasteiger partial charge in [-0.1, -0.05) is 48.5 Å². The largest absolute Gasteiger partial charge is 0.324 e. The van der Waals surface area contributed by atoms with Gasteiger partial charge in [0.25, 0.3) is 0 Å². The Labute approximate surface area is 116 Å². The van der Waals surface area contributed by atoms with Crippen LogP contribution in [0.1, 0.15) is 41.1 Å². The molecule has 0 aliphatic rings. The van der Waals surface area contributed by atoms with Crippen LogP contribution >= 0.6 is 0 Å². The number of hydrogen-bond acceptors (Lipinski definition) is 1. The van der Waals surface area contributed by atoms with Gasteiger partial charge < -0.3 is 5.73 Å². The molecule has 1 atom stereocenters. The van der Waals surface area contributed by atoms with E-state index in [1.54, 1.807) is 0 Å². The molecule has 0 aliphatic carbocycles. The molecule has 0 aliphatic heterocycles. The van der Waals surface area contributed by atoms with Crippen LogP contribution in [0.15, 0.2) is 48.5 Å². The zero-order chi connectivity index (χ0) is 13.7. The number of nitrogens with two attached hydrogens (primary N) is 1. The first-order valence-corrected chi connectivity index (χ1v) is 7.03. The van der Waals surface area contributed by atoms with E-state index in [0.29, 0.717) is 0 Å². The van der Waals surface area contributed by atoms with E-state index in [4.69, 9.17) is 5.73 Å². The highest BCUT2D eigenvalue weighted by Gasteiger charge is 2.05. The van der Waals surface area contributed by atoms with Crippen LogP contribution in [0.3, 0.4) is 0 Å². The Kier molecular flexibility index (Phi) is 4.75. The maximum atomic E-state index is 6.21. The molecule has 100 valence electrons. The molecule has 0 radical (unpaired) electrons. The van der Waals surface area contributed by atoms with Gasteiger partial charge in [0.05, 0.1) is 0 Å². The molecule has 0 fully saturated rings. The molecule has 1 unspecified atom stereocenters. The lowest BCUT2D eigenvalue weighted by Crippen LogP contribution is -2.10. The summed E-state index contributed by atoms with van der Waals surface area (Å²) in [5.41, 5.74) is 11.6. The summed E-state index contributed by atoms with van der Waals surface area (Å²) in [6.45, 7) is 4.33. The van der Waals surface area contributed by atoms with Crippen molar-refractivity contribution in [2.24, 2.45) is 5.73 Å². The van der Waals surface area contributed by atoms with Crippen LogP contribution in [0, 0.1) is 13.8 Å². The molecule has 2 aromatic rings. The summed E-state index contributed by atoms with van der Waals surface area (Å²) in [6, 6.07) is 17.3. The van der Waals surface area contributed by atoms with E-state index in [-0.39, 0.29) is 6.04 Å². The maximum Gasteiger partial charge on any atom is 0.0294 e. The Morgan fingerprint density at radius 1 is 0.947 bits per heavy atom. The summed E-state index contributed by atoms with van der Waals surface area (Å²) in [4.78, 5) is 0. The van der Waals surface area contributed by atoms with Crippen LogP contribution < -0.4 is 5.73 Å². The van der Waals surface area contributed by atoms with Crippen molar-refractivity contribution in [3.05, 3.63) is 70.8 Å². The van der Waals surface area contributed by atoms with Crippen molar-refractivity contribution in [1.82, 2.24) is 0 Å². The third-order valence-electron chi connectivity index (χ3n) is 3.78.